The predicted octanol–water partition coefficient (Wildman–Crippen LogP) is 5.29. The first-order valence-electron chi connectivity index (χ1n) is 9.86. The van der Waals surface area contributed by atoms with Gasteiger partial charge in [0.15, 0.2) is 17.3 Å². The molecular formula is C25H22N2O5. The quantitative estimate of drug-likeness (QED) is 0.429. The van der Waals surface area contributed by atoms with Crippen LogP contribution >= 0.6 is 0 Å². The highest BCUT2D eigenvalue weighted by Crippen LogP contribution is 2.32. The lowest BCUT2D eigenvalue weighted by molar-refractivity contribution is 0.102. The lowest BCUT2D eigenvalue weighted by Gasteiger charge is -2.11. The topological polar surface area (TPSA) is 82.8 Å². The monoisotopic (exact) mass is 430 g/mol. The Bertz CT molecular complexity index is 1230. The van der Waals surface area contributed by atoms with Crippen molar-refractivity contribution in [2.75, 3.05) is 26.6 Å². The van der Waals surface area contributed by atoms with E-state index in [-0.39, 0.29) is 5.91 Å². The fourth-order valence-corrected chi connectivity index (χ4v) is 3.27. The van der Waals surface area contributed by atoms with Crippen LogP contribution in [-0.4, -0.2) is 32.2 Å². The largest absolute Gasteiger partial charge is 0.497 e. The van der Waals surface area contributed by atoms with Gasteiger partial charge in [-0.2, -0.15) is 0 Å². The summed E-state index contributed by atoms with van der Waals surface area (Å²) >= 11 is 0. The molecule has 0 saturated carbocycles. The van der Waals surface area contributed by atoms with Crippen molar-refractivity contribution in [3.63, 3.8) is 0 Å². The highest BCUT2D eigenvalue weighted by Gasteiger charge is 2.18. The Morgan fingerprint density at radius 2 is 1.62 bits per heavy atom. The van der Waals surface area contributed by atoms with Gasteiger partial charge in [-0.25, -0.2) is 4.98 Å². The van der Waals surface area contributed by atoms with E-state index in [1.165, 1.54) is 0 Å². The summed E-state index contributed by atoms with van der Waals surface area (Å²) in [6.45, 7) is 0. The molecule has 1 aromatic heterocycles. The summed E-state index contributed by atoms with van der Waals surface area (Å²) in [7, 11) is 4.72. The molecule has 7 nitrogen and oxygen atoms in total. The van der Waals surface area contributed by atoms with Crippen LogP contribution in [0.2, 0.25) is 0 Å². The smallest absolute Gasteiger partial charge is 0.256 e. The fourth-order valence-electron chi connectivity index (χ4n) is 3.27. The van der Waals surface area contributed by atoms with Gasteiger partial charge in [0.05, 0.1) is 33.1 Å². The van der Waals surface area contributed by atoms with Crippen molar-refractivity contribution < 1.29 is 23.4 Å². The molecule has 1 amide bonds. The molecule has 0 atom stereocenters. The van der Waals surface area contributed by atoms with Gasteiger partial charge in [0.1, 0.15) is 5.75 Å². The van der Waals surface area contributed by atoms with Gasteiger partial charge >= 0.3 is 0 Å². The number of ether oxygens (including phenoxy) is 3. The highest BCUT2D eigenvalue weighted by molar-refractivity contribution is 6.08. The molecule has 0 aliphatic heterocycles. The lowest BCUT2D eigenvalue weighted by atomic mass is 10.1. The molecule has 1 heterocycles. The average molecular weight is 430 g/mol. The molecule has 162 valence electrons. The SMILES string of the molecule is COc1ccc(-c2cnc(-c3ccccc3C(=O)Nc3ccc(OC)c(OC)c3)o2)cc1. The first kappa shape index (κ1) is 21.0. The molecule has 4 aromatic rings. The number of carbonyl (C=O) groups is 1. The fraction of sp³-hybridized carbons (Fsp3) is 0.120. The van der Waals surface area contributed by atoms with Gasteiger partial charge in [-0.05, 0) is 48.5 Å². The average Bonchev–Trinajstić information content (AvgIpc) is 3.34. The van der Waals surface area contributed by atoms with Gasteiger partial charge in [0.2, 0.25) is 5.89 Å². The van der Waals surface area contributed by atoms with E-state index < -0.39 is 0 Å². The molecule has 0 saturated heterocycles. The van der Waals surface area contributed by atoms with Crippen molar-refractivity contribution in [3.05, 3.63) is 78.5 Å². The molecular weight excluding hydrogens is 408 g/mol. The number of nitrogens with one attached hydrogen (secondary N) is 1. The number of methoxy groups -OCH3 is 3. The molecule has 0 spiro atoms. The number of carbonyl (C=O) groups excluding carboxylic acids is 1. The van der Waals surface area contributed by atoms with Crippen LogP contribution in [0.25, 0.3) is 22.8 Å². The van der Waals surface area contributed by atoms with Crippen molar-refractivity contribution in [3.8, 4) is 40.0 Å². The Hall–Kier alpha value is -4.26. The number of aromatic nitrogens is 1. The summed E-state index contributed by atoms with van der Waals surface area (Å²) in [5.74, 6) is 2.52. The van der Waals surface area contributed by atoms with Gasteiger partial charge in [0, 0.05) is 22.9 Å². The maximum Gasteiger partial charge on any atom is 0.256 e. The maximum absolute atomic E-state index is 13.0. The number of hydrogen-bond acceptors (Lipinski definition) is 6. The number of hydrogen-bond donors (Lipinski definition) is 1. The van der Waals surface area contributed by atoms with Crippen molar-refractivity contribution in [1.82, 2.24) is 4.98 Å². The summed E-state index contributed by atoms with van der Waals surface area (Å²) < 4.78 is 21.7. The summed E-state index contributed by atoms with van der Waals surface area (Å²) in [5.41, 5.74) is 2.46. The normalized spacial score (nSPS) is 10.5. The van der Waals surface area contributed by atoms with Gasteiger partial charge in [-0.15, -0.1) is 0 Å². The molecule has 0 aliphatic carbocycles. The highest BCUT2D eigenvalue weighted by atomic mass is 16.5. The Labute approximate surface area is 185 Å². The minimum absolute atomic E-state index is 0.294. The van der Waals surface area contributed by atoms with Gasteiger partial charge < -0.3 is 23.9 Å². The van der Waals surface area contributed by atoms with E-state index in [0.717, 1.165) is 11.3 Å². The molecule has 0 radical (unpaired) electrons. The van der Waals surface area contributed by atoms with Crippen LogP contribution in [0.5, 0.6) is 17.2 Å². The zero-order valence-electron chi connectivity index (χ0n) is 17.9. The van der Waals surface area contributed by atoms with Crippen LogP contribution in [0.1, 0.15) is 10.4 Å². The molecule has 7 heteroatoms. The van der Waals surface area contributed by atoms with Crippen LogP contribution < -0.4 is 19.5 Å². The first-order valence-corrected chi connectivity index (χ1v) is 9.86. The molecule has 0 bridgehead atoms. The zero-order valence-corrected chi connectivity index (χ0v) is 17.9. The van der Waals surface area contributed by atoms with E-state index in [1.807, 2.05) is 30.3 Å². The number of oxazole rings is 1. The van der Waals surface area contributed by atoms with E-state index in [0.29, 0.717) is 40.0 Å². The van der Waals surface area contributed by atoms with Crippen LogP contribution in [0, 0.1) is 0 Å². The van der Waals surface area contributed by atoms with Crippen LogP contribution in [0.3, 0.4) is 0 Å². The van der Waals surface area contributed by atoms with Crippen LogP contribution in [0.4, 0.5) is 5.69 Å². The third-order valence-corrected chi connectivity index (χ3v) is 4.92. The number of amides is 1. The molecule has 0 fully saturated rings. The number of anilines is 1. The van der Waals surface area contributed by atoms with Crippen LogP contribution in [-0.2, 0) is 0 Å². The lowest BCUT2D eigenvalue weighted by Crippen LogP contribution is -2.13. The van der Waals surface area contributed by atoms with Crippen molar-refractivity contribution in [2.24, 2.45) is 0 Å². The first-order chi connectivity index (χ1) is 15.6. The molecule has 4 rings (SSSR count). The summed E-state index contributed by atoms with van der Waals surface area (Å²) in [5, 5.41) is 2.89. The minimum atomic E-state index is -0.294. The van der Waals surface area contributed by atoms with Crippen molar-refractivity contribution in [2.45, 2.75) is 0 Å². The third-order valence-electron chi connectivity index (χ3n) is 4.92. The van der Waals surface area contributed by atoms with E-state index in [9.17, 15) is 4.79 Å². The summed E-state index contributed by atoms with van der Waals surface area (Å²) in [6.07, 6.45) is 1.64. The van der Waals surface area contributed by atoms with E-state index in [2.05, 4.69) is 10.3 Å². The van der Waals surface area contributed by atoms with Crippen molar-refractivity contribution in [1.29, 1.82) is 0 Å². The van der Waals surface area contributed by atoms with E-state index in [4.69, 9.17) is 18.6 Å². The van der Waals surface area contributed by atoms with E-state index in [1.54, 1.807) is 63.9 Å². The molecule has 3 aromatic carbocycles. The van der Waals surface area contributed by atoms with Crippen LogP contribution in [0.15, 0.2) is 77.3 Å². The zero-order chi connectivity index (χ0) is 22.5. The molecule has 0 aliphatic rings. The molecule has 0 unspecified atom stereocenters. The number of rotatable bonds is 7. The summed E-state index contributed by atoms with van der Waals surface area (Å²) in [6, 6.07) is 19.8. The second kappa shape index (κ2) is 9.26. The molecule has 32 heavy (non-hydrogen) atoms. The van der Waals surface area contributed by atoms with Gasteiger partial charge in [-0.3, -0.25) is 4.79 Å². The number of benzene rings is 3. The molecule has 1 N–H and O–H groups in total. The van der Waals surface area contributed by atoms with Gasteiger partial charge in [-0.1, -0.05) is 12.1 Å². The van der Waals surface area contributed by atoms with Crippen molar-refractivity contribution >= 4 is 11.6 Å². The predicted molar refractivity (Wildman–Crippen MR) is 121 cm³/mol. The van der Waals surface area contributed by atoms with Gasteiger partial charge in [0.25, 0.3) is 5.91 Å². The summed E-state index contributed by atoms with van der Waals surface area (Å²) in [4.78, 5) is 17.4. The second-order valence-electron chi connectivity index (χ2n) is 6.83. The minimum Gasteiger partial charge on any atom is -0.497 e. The Balaban J connectivity index is 1.60. The third kappa shape index (κ3) is 4.27. The number of nitrogens with zero attached hydrogens (tertiary/aromatic N) is 1. The Morgan fingerprint density at radius 1 is 0.875 bits per heavy atom. The Kier molecular flexibility index (Phi) is 6.07. The standard InChI is InChI=1S/C25H22N2O5/c1-29-18-11-8-16(9-12-18)23-15-26-25(32-23)20-7-5-4-6-19(20)24(28)27-17-10-13-21(30-2)22(14-17)31-3/h4-15H,1-3H3,(H,27,28). The maximum atomic E-state index is 13.0. The van der Waals surface area contributed by atoms with E-state index >= 15 is 0 Å². The second-order valence-corrected chi connectivity index (χ2v) is 6.83. The Morgan fingerprint density at radius 3 is 2.34 bits per heavy atom.